The first-order valence-electron chi connectivity index (χ1n) is 10.2. The van der Waals surface area contributed by atoms with Gasteiger partial charge >= 0.3 is 0 Å². The van der Waals surface area contributed by atoms with E-state index in [9.17, 15) is 35.6 Å². The molecule has 0 saturated carbocycles. The first-order valence-corrected chi connectivity index (χ1v) is 11.7. The monoisotopic (exact) mass is 539 g/mol. The smallest absolute Gasteiger partial charge is 0.293 e. The number of rotatable bonds is 7. The van der Waals surface area contributed by atoms with Crippen LogP contribution < -0.4 is 21.1 Å². The van der Waals surface area contributed by atoms with Crippen LogP contribution in [0.3, 0.4) is 0 Å². The number of carbonyl (C=O) groups is 3. The molecule has 3 rings (SSSR count). The number of anilines is 1. The van der Waals surface area contributed by atoms with Gasteiger partial charge in [0.1, 0.15) is 10.6 Å². The van der Waals surface area contributed by atoms with Gasteiger partial charge in [0.15, 0.2) is 23.3 Å². The number of nitrogens with one attached hydrogen (secondary N) is 3. The third kappa shape index (κ3) is 8.31. The van der Waals surface area contributed by atoms with Crippen LogP contribution in [0.4, 0.5) is 23.2 Å². The Morgan fingerprint density at radius 1 is 1.22 bits per heavy atom. The van der Waals surface area contributed by atoms with Crippen LogP contribution in [-0.4, -0.2) is 57.5 Å². The van der Waals surface area contributed by atoms with Crippen LogP contribution in [0, 0.1) is 23.3 Å². The van der Waals surface area contributed by atoms with Crippen molar-refractivity contribution in [2.45, 2.75) is 24.3 Å². The predicted molar refractivity (Wildman–Crippen MR) is 119 cm³/mol. The molecular weight excluding hydrogens is 514 g/mol. The number of primary amides is 1. The summed E-state index contributed by atoms with van der Waals surface area (Å²) in [5.74, 6) is -7.28. The van der Waals surface area contributed by atoms with Crippen LogP contribution in [0.2, 0.25) is 0 Å². The highest BCUT2D eigenvalue weighted by molar-refractivity contribution is 7.89. The Bertz CT molecular complexity index is 1150. The highest BCUT2D eigenvalue weighted by atomic mass is 32.2. The van der Waals surface area contributed by atoms with E-state index in [0.29, 0.717) is 44.7 Å². The lowest BCUT2D eigenvalue weighted by Gasteiger charge is -2.10. The SMILES string of the molecule is CCOC=O.Cn1cc(S(=O)(=O)NC2CCNC2)c(F)c1C(=O)Nc1cc(F)c(F)c(F)c1.NC=O. The van der Waals surface area contributed by atoms with Gasteiger partial charge in [-0.1, -0.05) is 0 Å². The van der Waals surface area contributed by atoms with Crippen LogP contribution in [0.15, 0.2) is 23.2 Å². The quantitative estimate of drug-likeness (QED) is 0.229. The van der Waals surface area contributed by atoms with Crippen molar-refractivity contribution in [2.24, 2.45) is 12.8 Å². The molecule has 2 amide bonds. The topological polar surface area (TPSA) is 162 Å². The summed E-state index contributed by atoms with van der Waals surface area (Å²) in [7, 11) is -3.00. The minimum atomic E-state index is -4.24. The van der Waals surface area contributed by atoms with Crippen LogP contribution in [0.1, 0.15) is 23.8 Å². The second kappa shape index (κ2) is 14.2. The normalized spacial score (nSPS) is 14.6. The standard InChI is InChI=1S/C16H16F4N4O3S.C3H6O2.CH3NO/c1-24-7-12(28(26,27)23-8-2-3-21-6-8)14(20)15(24)16(25)22-9-4-10(17)13(19)11(18)5-9;1-2-5-3-4;2-1-3/h4-5,7-8,21,23H,2-3,6H2,1H3,(H,22,25);3H,2H2,1H3;1H,(H2,2,3). The fourth-order valence-corrected chi connectivity index (χ4v) is 4.34. The predicted octanol–water partition coefficient (Wildman–Crippen LogP) is 0.755. The zero-order valence-corrected chi connectivity index (χ0v) is 20.0. The number of nitrogens with two attached hydrogens (primary N) is 1. The summed E-state index contributed by atoms with van der Waals surface area (Å²) in [6, 6.07) is 0.625. The summed E-state index contributed by atoms with van der Waals surface area (Å²) < 4.78 is 86.5. The van der Waals surface area contributed by atoms with Crippen molar-refractivity contribution >= 4 is 34.5 Å². The van der Waals surface area contributed by atoms with Gasteiger partial charge in [0, 0.05) is 43.7 Å². The maximum absolute atomic E-state index is 14.7. The van der Waals surface area contributed by atoms with Crippen molar-refractivity contribution in [1.29, 1.82) is 0 Å². The first kappa shape index (κ1) is 30.5. The zero-order valence-electron chi connectivity index (χ0n) is 19.2. The number of sulfonamides is 1. The summed E-state index contributed by atoms with van der Waals surface area (Å²) in [5, 5.41) is 4.97. The molecule has 1 saturated heterocycles. The molecule has 0 radical (unpaired) electrons. The molecule has 200 valence electrons. The lowest BCUT2D eigenvalue weighted by molar-refractivity contribution is -0.128. The van der Waals surface area contributed by atoms with E-state index >= 15 is 0 Å². The molecule has 1 unspecified atom stereocenters. The molecule has 1 aromatic carbocycles. The van der Waals surface area contributed by atoms with Crippen LogP contribution >= 0.6 is 0 Å². The number of amides is 2. The van der Waals surface area contributed by atoms with Gasteiger partial charge in [-0.05, 0) is 19.9 Å². The minimum absolute atomic E-state index is 0.250. The van der Waals surface area contributed by atoms with E-state index in [4.69, 9.17) is 4.79 Å². The minimum Gasteiger partial charge on any atom is -0.468 e. The van der Waals surface area contributed by atoms with Gasteiger partial charge in [-0.15, -0.1) is 0 Å². The van der Waals surface area contributed by atoms with Gasteiger partial charge < -0.3 is 25.7 Å². The van der Waals surface area contributed by atoms with Crippen molar-refractivity contribution in [3.8, 4) is 0 Å². The first-order chi connectivity index (χ1) is 16.9. The number of hydrogen-bond donors (Lipinski definition) is 4. The molecule has 0 spiro atoms. The van der Waals surface area contributed by atoms with E-state index in [0.717, 1.165) is 10.8 Å². The molecule has 1 aliphatic rings. The Labute approximate surface area is 204 Å². The Morgan fingerprint density at radius 2 is 1.81 bits per heavy atom. The van der Waals surface area contributed by atoms with Crippen molar-refractivity contribution < 1.29 is 45.1 Å². The molecule has 1 atom stereocenters. The largest absolute Gasteiger partial charge is 0.468 e. The van der Waals surface area contributed by atoms with E-state index in [1.807, 2.05) is 5.32 Å². The van der Waals surface area contributed by atoms with Gasteiger partial charge in [-0.2, -0.15) is 0 Å². The average Bonchev–Trinajstić information content (AvgIpc) is 3.40. The molecule has 2 heterocycles. The summed E-state index contributed by atoms with van der Waals surface area (Å²) in [4.78, 5) is 29.3. The maximum atomic E-state index is 14.7. The molecule has 16 heteroatoms. The van der Waals surface area contributed by atoms with E-state index in [1.54, 1.807) is 6.92 Å². The highest BCUT2D eigenvalue weighted by Gasteiger charge is 2.31. The number of hydrogen-bond acceptors (Lipinski definition) is 7. The van der Waals surface area contributed by atoms with Crippen LogP contribution in [-0.2, 0) is 31.4 Å². The van der Waals surface area contributed by atoms with Crippen LogP contribution in [0.25, 0.3) is 0 Å². The Balaban J connectivity index is 0.000000709. The van der Waals surface area contributed by atoms with Crippen molar-refractivity contribution in [3.05, 3.63) is 47.3 Å². The molecule has 0 aliphatic carbocycles. The number of halogens is 4. The number of nitrogens with zero attached hydrogens (tertiary/aromatic N) is 1. The lowest BCUT2D eigenvalue weighted by atomic mass is 10.2. The fraction of sp³-hybridized carbons (Fsp3) is 0.350. The third-order valence-electron chi connectivity index (χ3n) is 4.45. The van der Waals surface area contributed by atoms with Crippen LogP contribution in [0.5, 0.6) is 0 Å². The second-order valence-corrected chi connectivity index (χ2v) is 8.66. The van der Waals surface area contributed by atoms with E-state index in [2.05, 4.69) is 20.5 Å². The third-order valence-corrected chi connectivity index (χ3v) is 5.96. The maximum Gasteiger partial charge on any atom is 0.293 e. The summed E-state index contributed by atoms with van der Waals surface area (Å²) in [5.41, 5.74) is 3.04. The highest BCUT2D eigenvalue weighted by Crippen LogP contribution is 2.23. The van der Waals surface area contributed by atoms with Gasteiger partial charge in [-0.3, -0.25) is 14.4 Å². The van der Waals surface area contributed by atoms with Crippen molar-refractivity contribution in [3.63, 3.8) is 0 Å². The molecule has 36 heavy (non-hydrogen) atoms. The molecule has 1 fully saturated rings. The van der Waals surface area contributed by atoms with E-state index < -0.39 is 61.5 Å². The fourth-order valence-electron chi connectivity index (χ4n) is 2.94. The number of benzene rings is 1. The van der Waals surface area contributed by atoms with Crippen molar-refractivity contribution in [1.82, 2.24) is 14.6 Å². The zero-order chi connectivity index (χ0) is 27.5. The Hall–Kier alpha value is -3.50. The van der Waals surface area contributed by atoms with Crippen molar-refractivity contribution in [2.75, 3.05) is 25.0 Å². The summed E-state index contributed by atoms with van der Waals surface area (Å²) >= 11 is 0. The molecule has 2 aromatic rings. The van der Waals surface area contributed by atoms with Gasteiger partial charge in [0.25, 0.3) is 12.4 Å². The molecule has 11 nitrogen and oxygen atoms in total. The molecular formula is C20H25F4N5O6S. The molecule has 0 bridgehead atoms. The average molecular weight is 540 g/mol. The second-order valence-electron chi connectivity index (χ2n) is 6.97. The Morgan fingerprint density at radius 3 is 2.25 bits per heavy atom. The lowest BCUT2D eigenvalue weighted by Crippen LogP contribution is -2.36. The van der Waals surface area contributed by atoms with Gasteiger partial charge in [0.2, 0.25) is 16.4 Å². The number of ether oxygens (including phenoxy) is 1. The summed E-state index contributed by atoms with van der Waals surface area (Å²) in [6.07, 6.45) is 1.70. The summed E-state index contributed by atoms with van der Waals surface area (Å²) in [6.45, 7) is 3.67. The van der Waals surface area contributed by atoms with E-state index in [1.165, 1.54) is 7.05 Å². The number of aromatic nitrogens is 1. The molecule has 1 aromatic heterocycles. The number of carbonyl (C=O) groups excluding carboxylic acids is 3. The van der Waals surface area contributed by atoms with E-state index in [-0.39, 0.29) is 6.41 Å². The van der Waals surface area contributed by atoms with Gasteiger partial charge in [-0.25, -0.2) is 30.7 Å². The number of aryl methyl sites for hydroxylation is 1. The Kier molecular flexibility index (Phi) is 12.0. The molecule has 5 N–H and O–H groups in total. The van der Waals surface area contributed by atoms with Gasteiger partial charge in [0.05, 0.1) is 6.61 Å². The molecule has 1 aliphatic heterocycles.